The third kappa shape index (κ3) is 2.91. The van der Waals surface area contributed by atoms with Gasteiger partial charge in [0.25, 0.3) is 5.91 Å². The number of aromatic nitrogens is 3. The van der Waals surface area contributed by atoms with Crippen LogP contribution in [-0.4, -0.2) is 33.8 Å². The lowest BCUT2D eigenvalue weighted by molar-refractivity contribution is -0.117. The minimum absolute atomic E-state index is 0.169. The number of benzene rings is 1. The lowest BCUT2D eigenvalue weighted by Crippen LogP contribution is -2.24. The summed E-state index contributed by atoms with van der Waals surface area (Å²) in [4.78, 5) is 25.2. The van der Waals surface area contributed by atoms with E-state index in [9.17, 15) is 9.59 Å². The predicted octanol–water partition coefficient (Wildman–Crippen LogP) is 0.861. The number of anilines is 1. The van der Waals surface area contributed by atoms with E-state index in [4.69, 9.17) is 0 Å². The summed E-state index contributed by atoms with van der Waals surface area (Å²) in [5.74, 6) is -0.107. The van der Waals surface area contributed by atoms with Crippen LogP contribution < -0.4 is 10.2 Å². The SMILES string of the molecule is O=C(NCc1ccc(N2CCCC2=O)cc1)c1cn[nH]n1. The Bertz CT molecular complexity index is 636. The normalized spacial score (nSPS) is 14.5. The van der Waals surface area contributed by atoms with Gasteiger partial charge < -0.3 is 10.2 Å². The highest BCUT2D eigenvalue weighted by molar-refractivity contribution is 5.95. The van der Waals surface area contributed by atoms with Crippen LogP contribution in [0.1, 0.15) is 28.9 Å². The molecular formula is C14H15N5O2. The maximum absolute atomic E-state index is 11.7. The third-order valence-corrected chi connectivity index (χ3v) is 3.42. The lowest BCUT2D eigenvalue weighted by Gasteiger charge is -2.16. The van der Waals surface area contributed by atoms with Crippen LogP contribution in [0.3, 0.4) is 0 Å². The van der Waals surface area contributed by atoms with Gasteiger partial charge >= 0.3 is 0 Å². The van der Waals surface area contributed by atoms with Crippen LogP contribution in [0.15, 0.2) is 30.5 Å². The van der Waals surface area contributed by atoms with Crippen molar-refractivity contribution in [3.8, 4) is 0 Å². The summed E-state index contributed by atoms with van der Waals surface area (Å²) in [5.41, 5.74) is 2.13. The highest BCUT2D eigenvalue weighted by atomic mass is 16.2. The first-order valence-electron chi connectivity index (χ1n) is 6.77. The molecule has 1 aromatic carbocycles. The molecule has 3 rings (SSSR count). The number of nitrogens with one attached hydrogen (secondary N) is 2. The molecule has 1 aliphatic heterocycles. The van der Waals surface area contributed by atoms with Crippen molar-refractivity contribution in [3.05, 3.63) is 41.7 Å². The Morgan fingerprint density at radius 2 is 2.14 bits per heavy atom. The molecule has 2 amide bonds. The second-order valence-electron chi connectivity index (χ2n) is 4.85. The van der Waals surface area contributed by atoms with Crippen molar-refractivity contribution in [3.63, 3.8) is 0 Å². The third-order valence-electron chi connectivity index (χ3n) is 3.42. The summed E-state index contributed by atoms with van der Waals surface area (Å²) >= 11 is 0. The van der Waals surface area contributed by atoms with Gasteiger partial charge in [-0.1, -0.05) is 12.1 Å². The van der Waals surface area contributed by atoms with E-state index >= 15 is 0 Å². The number of aromatic amines is 1. The fraction of sp³-hybridized carbons (Fsp3) is 0.286. The molecule has 2 N–H and O–H groups in total. The maximum Gasteiger partial charge on any atom is 0.273 e. The molecule has 1 aliphatic rings. The maximum atomic E-state index is 11.7. The van der Waals surface area contributed by atoms with Gasteiger partial charge in [0.05, 0.1) is 6.20 Å². The number of rotatable bonds is 4. The molecule has 0 unspecified atom stereocenters. The largest absolute Gasteiger partial charge is 0.347 e. The highest BCUT2D eigenvalue weighted by Crippen LogP contribution is 2.21. The molecule has 0 aliphatic carbocycles. The summed E-state index contributed by atoms with van der Waals surface area (Å²) in [6.45, 7) is 1.18. The number of nitrogens with zero attached hydrogens (tertiary/aromatic N) is 3. The van der Waals surface area contributed by atoms with E-state index in [1.807, 2.05) is 24.3 Å². The Morgan fingerprint density at radius 3 is 2.76 bits per heavy atom. The second kappa shape index (κ2) is 5.74. The first-order chi connectivity index (χ1) is 10.2. The molecule has 0 atom stereocenters. The van der Waals surface area contributed by atoms with Gasteiger partial charge in [0.1, 0.15) is 0 Å². The monoisotopic (exact) mass is 285 g/mol. The molecule has 21 heavy (non-hydrogen) atoms. The van der Waals surface area contributed by atoms with Gasteiger partial charge in [0.15, 0.2) is 5.69 Å². The molecule has 1 fully saturated rings. The van der Waals surface area contributed by atoms with Crippen LogP contribution in [0.4, 0.5) is 5.69 Å². The fourth-order valence-electron chi connectivity index (χ4n) is 2.30. The number of hydrogen-bond acceptors (Lipinski definition) is 4. The van der Waals surface area contributed by atoms with Crippen molar-refractivity contribution in [2.75, 3.05) is 11.4 Å². The Balaban J connectivity index is 1.60. The first kappa shape index (κ1) is 13.3. The number of hydrogen-bond donors (Lipinski definition) is 2. The van der Waals surface area contributed by atoms with Crippen molar-refractivity contribution in [1.29, 1.82) is 0 Å². The summed E-state index contributed by atoms with van der Waals surface area (Å²) in [6.07, 6.45) is 2.90. The van der Waals surface area contributed by atoms with E-state index in [0.29, 0.717) is 13.0 Å². The molecule has 1 aromatic heterocycles. The fourth-order valence-corrected chi connectivity index (χ4v) is 2.30. The topological polar surface area (TPSA) is 91.0 Å². The van der Waals surface area contributed by atoms with Crippen molar-refractivity contribution in [1.82, 2.24) is 20.7 Å². The van der Waals surface area contributed by atoms with Crippen LogP contribution in [-0.2, 0) is 11.3 Å². The quantitative estimate of drug-likeness (QED) is 0.871. The van der Waals surface area contributed by atoms with Gasteiger partial charge in [-0.25, -0.2) is 0 Å². The molecule has 108 valence electrons. The Hall–Kier alpha value is -2.70. The average molecular weight is 285 g/mol. The van der Waals surface area contributed by atoms with Gasteiger partial charge in [0, 0.05) is 25.2 Å². The van der Waals surface area contributed by atoms with E-state index in [2.05, 4.69) is 20.7 Å². The molecule has 7 heteroatoms. The zero-order chi connectivity index (χ0) is 14.7. The number of H-pyrrole nitrogens is 1. The minimum atomic E-state index is -0.275. The van der Waals surface area contributed by atoms with Gasteiger partial charge in [-0.3, -0.25) is 9.59 Å². The van der Waals surface area contributed by atoms with Gasteiger partial charge in [0.2, 0.25) is 5.91 Å². The van der Waals surface area contributed by atoms with Crippen molar-refractivity contribution in [2.45, 2.75) is 19.4 Å². The van der Waals surface area contributed by atoms with E-state index in [1.54, 1.807) is 4.90 Å². The first-order valence-corrected chi connectivity index (χ1v) is 6.77. The summed E-state index contributed by atoms with van der Waals surface area (Å²) in [6, 6.07) is 7.62. The van der Waals surface area contributed by atoms with Crippen LogP contribution in [0, 0.1) is 0 Å². The number of carbonyl (C=O) groups is 2. The van der Waals surface area contributed by atoms with Crippen LogP contribution in [0.25, 0.3) is 0 Å². The van der Waals surface area contributed by atoms with Crippen molar-refractivity contribution >= 4 is 17.5 Å². The molecule has 1 saturated heterocycles. The molecule has 0 radical (unpaired) electrons. The van der Waals surface area contributed by atoms with Gasteiger partial charge in [-0.15, -0.1) is 0 Å². The van der Waals surface area contributed by atoms with Crippen LogP contribution in [0.2, 0.25) is 0 Å². The van der Waals surface area contributed by atoms with Crippen LogP contribution >= 0.6 is 0 Å². The molecular weight excluding hydrogens is 270 g/mol. The number of amides is 2. The molecule has 0 spiro atoms. The zero-order valence-electron chi connectivity index (χ0n) is 11.4. The Morgan fingerprint density at radius 1 is 1.33 bits per heavy atom. The standard InChI is InChI=1S/C14H15N5O2/c20-13-2-1-7-19(13)11-5-3-10(4-6-11)8-15-14(21)12-9-16-18-17-12/h3-6,9H,1-2,7-8H2,(H,15,21)(H,16,17,18). The minimum Gasteiger partial charge on any atom is -0.347 e. The summed E-state index contributed by atoms with van der Waals surface area (Å²) in [7, 11) is 0. The van der Waals surface area contributed by atoms with Gasteiger partial charge in [-0.05, 0) is 24.1 Å². The second-order valence-corrected chi connectivity index (χ2v) is 4.85. The summed E-state index contributed by atoms with van der Waals surface area (Å²) in [5, 5.41) is 12.4. The Kier molecular flexibility index (Phi) is 3.63. The van der Waals surface area contributed by atoms with Crippen molar-refractivity contribution < 1.29 is 9.59 Å². The highest BCUT2D eigenvalue weighted by Gasteiger charge is 2.21. The zero-order valence-corrected chi connectivity index (χ0v) is 11.4. The average Bonchev–Trinajstić information content (AvgIpc) is 3.17. The molecule has 2 heterocycles. The molecule has 0 saturated carbocycles. The van der Waals surface area contributed by atoms with E-state index in [0.717, 1.165) is 24.2 Å². The molecule has 2 aromatic rings. The molecule has 0 bridgehead atoms. The van der Waals surface area contributed by atoms with E-state index in [1.165, 1.54) is 6.20 Å². The van der Waals surface area contributed by atoms with E-state index in [-0.39, 0.29) is 17.5 Å². The Labute approximate surface area is 121 Å². The number of carbonyl (C=O) groups excluding carboxylic acids is 2. The smallest absolute Gasteiger partial charge is 0.273 e. The summed E-state index contributed by atoms with van der Waals surface area (Å²) < 4.78 is 0. The van der Waals surface area contributed by atoms with Crippen LogP contribution in [0.5, 0.6) is 0 Å². The van der Waals surface area contributed by atoms with Crippen molar-refractivity contribution in [2.24, 2.45) is 0 Å². The predicted molar refractivity (Wildman–Crippen MR) is 75.6 cm³/mol. The lowest BCUT2D eigenvalue weighted by atomic mass is 10.2. The molecule has 7 nitrogen and oxygen atoms in total. The van der Waals surface area contributed by atoms with E-state index < -0.39 is 0 Å². The van der Waals surface area contributed by atoms with Gasteiger partial charge in [-0.2, -0.15) is 15.4 Å².